The summed E-state index contributed by atoms with van der Waals surface area (Å²) in [5.41, 5.74) is -0.245. The Kier molecular flexibility index (Phi) is 10.2. The number of pyridine rings is 1. The minimum atomic E-state index is -4.53. The van der Waals surface area contributed by atoms with Gasteiger partial charge in [-0.3, -0.25) is 4.79 Å². The number of methoxy groups -OCH3 is 2. The molecule has 32 heavy (non-hydrogen) atoms. The van der Waals surface area contributed by atoms with Crippen molar-refractivity contribution in [1.82, 2.24) is 14.8 Å². The quantitative estimate of drug-likeness (QED) is 0.487. The maximum Gasteiger partial charge on any atom is 0.416 e. The third kappa shape index (κ3) is 7.64. The minimum absolute atomic E-state index is 0.194. The summed E-state index contributed by atoms with van der Waals surface area (Å²) in [4.78, 5) is 14.1. The SMILES string of the molecule is C=C(CC[C@@H](CCC)N[C@@H](CCOC)COC)N1CCn2c(cc(C(F)(F)F)cc2=O)C1. The van der Waals surface area contributed by atoms with E-state index >= 15 is 0 Å². The van der Waals surface area contributed by atoms with Gasteiger partial charge in [-0.25, -0.2) is 0 Å². The fourth-order valence-corrected chi connectivity index (χ4v) is 4.13. The molecule has 0 amide bonds. The van der Waals surface area contributed by atoms with Crippen molar-refractivity contribution in [2.45, 2.75) is 70.4 Å². The Balaban J connectivity index is 2.00. The summed E-state index contributed by atoms with van der Waals surface area (Å²) < 4.78 is 51.3. The van der Waals surface area contributed by atoms with Crippen molar-refractivity contribution in [3.63, 3.8) is 0 Å². The molecule has 1 aromatic rings. The molecule has 0 saturated carbocycles. The molecule has 2 heterocycles. The molecule has 2 rings (SSSR count). The summed E-state index contributed by atoms with van der Waals surface area (Å²) in [5.74, 6) is 0. The van der Waals surface area contributed by atoms with E-state index in [0.717, 1.165) is 43.9 Å². The van der Waals surface area contributed by atoms with Gasteiger partial charge in [-0.2, -0.15) is 13.2 Å². The lowest BCUT2D eigenvalue weighted by Crippen LogP contribution is -2.42. The van der Waals surface area contributed by atoms with Crippen LogP contribution in [-0.4, -0.2) is 55.5 Å². The Morgan fingerprint density at radius 3 is 2.53 bits per heavy atom. The topological polar surface area (TPSA) is 55.7 Å². The Hall–Kier alpha value is -1.84. The molecule has 1 aliphatic heterocycles. The van der Waals surface area contributed by atoms with Crippen molar-refractivity contribution in [3.8, 4) is 0 Å². The maximum absolute atomic E-state index is 13.1. The third-order valence-electron chi connectivity index (χ3n) is 5.86. The molecule has 1 N–H and O–H groups in total. The first-order valence-electron chi connectivity index (χ1n) is 11.2. The summed E-state index contributed by atoms with van der Waals surface area (Å²) in [6.45, 7) is 8.75. The van der Waals surface area contributed by atoms with Gasteiger partial charge in [0.1, 0.15) is 0 Å². The van der Waals surface area contributed by atoms with E-state index in [9.17, 15) is 18.0 Å². The number of aromatic nitrogens is 1. The molecule has 0 fully saturated rings. The van der Waals surface area contributed by atoms with Crippen LogP contribution in [0.3, 0.4) is 0 Å². The third-order valence-corrected chi connectivity index (χ3v) is 5.86. The van der Waals surface area contributed by atoms with E-state index in [1.165, 1.54) is 4.57 Å². The number of hydrogen-bond acceptors (Lipinski definition) is 5. The highest BCUT2D eigenvalue weighted by Gasteiger charge is 2.33. The molecule has 2 atom stereocenters. The molecule has 0 spiro atoms. The fourth-order valence-electron chi connectivity index (χ4n) is 4.13. The molecule has 0 unspecified atom stereocenters. The highest BCUT2D eigenvalue weighted by molar-refractivity contribution is 5.22. The molecule has 6 nitrogen and oxygen atoms in total. The standard InChI is InChI=1S/C23H36F3N3O3/c1-5-6-19(27-20(16-32-4)9-12-31-3)8-7-17(2)28-10-11-29-21(15-28)13-18(14-22(29)30)23(24,25)26/h13-14,19-20,27H,2,5-12,15-16H2,1,3-4H3/t19-,20+/m1/s1. The maximum atomic E-state index is 13.1. The van der Waals surface area contributed by atoms with Gasteiger partial charge in [0.05, 0.1) is 18.7 Å². The van der Waals surface area contributed by atoms with Crippen molar-refractivity contribution in [2.24, 2.45) is 0 Å². The van der Waals surface area contributed by atoms with E-state index in [1.54, 1.807) is 14.2 Å². The van der Waals surface area contributed by atoms with Crippen LogP contribution in [0.2, 0.25) is 0 Å². The monoisotopic (exact) mass is 459 g/mol. The van der Waals surface area contributed by atoms with E-state index in [-0.39, 0.29) is 18.6 Å². The van der Waals surface area contributed by atoms with Gasteiger partial charge in [0, 0.05) is 63.5 Å². The van der Waals surface area contributed by atoms with Gasteiger partial charge < -0.3 is 24.3 Å². The van der Waals surface area contributed by atoms with Crippen LogP contribution in [0.25, 0.3) is 0 Å². The summed E-state index contributed by atoms with van der Waals surface area (Å²) in [5, 5.41) is 3.66. The first kappa shape index (κ1) is 26.4. The fraction of sp³-hybridized carbons (Fsp3) is 0.696. The Bertz CT molecular complexity index is 795. The van der Waals surface area contributed by atoms with Gasteiger partial charge in [0.2, 0.25) is 0 Å². The number of fused-ring (bicyclic) bond motifs is 1. The average Bonchev–Trinajstić information content (AvgIpc) is 2.74. The van der Waals surface area contributed by atoms with Crippen molar-refractivity contribution in [1.29, 1.82) is 0 Å². The number of nitrogens with zero attached hydrogens (tertiary/aromatic N) is 2. The van der Waals surface area contributed by atoms with E-state index < -0.39 is 17.3 Å². The number of nitrogens with one attached hydrogen (secondary N) is 1. The molecule has 9 heteroatoms. The zero-order valence-electron chi connectivity index (χ0n) is 19.3. The highest BCUT2D eigenvalue weighted by Crippen LogP contribution is 2.30. The predicted molar refractivity (Wildman–Crippen MR) is 118 cm³/mol. The molecule has 0 aromatic carbocycles. The second-order valence-corrected chi connectivity index (χ2v) is 8.34. The van der Waals surface area contributed by atoms with Crippen LogP contribution in [0.1, 0.15) is 50.3 Å². The van der Waals surface area contributed by atoms with Crippen LogP contribution >= 0.6 is 0 Å². The van der Waals surface area contributed by atoms with Gasteiger partial charge in [-0.05, 0) is 31.7 Å². The molecule has 0 radical (unpaired) electrons. The summed E-state index contributed by atoms with van der Waals surface area (Å²) in [6, 6.07) is 2.23. The van der Waals surface area contributed by atoms with Crippen molar-refractivity contribution >= 4 is 0 Å². The Labute approximate surface area is 188 Å². The van der Waals surface area contributed by atoms with E-state index in [4.69, 9.17) is 9.47 Å². The number of hydrogen-bond donors (Lipinski definition) is 1. The van der Waals surface area contributed by atoms with Crippen LogP contribution in [0, 0.1) is 0 Å². The van der Waals surface area contributed by atoms with Crippen LogP contribution in [0.4, 0.5) is 13.2 Å². The molecule has 1 aromatic heterocycles. The zero-order chi connectivity index (χ0) is 23.7. The first-order chi connectivity index (χ1) is 15.2. The minimum Gasteiger partial charge on any atom is -0.385 e. The normalized spacial score (nSPS) is 16.0. The molecule has 0 saturated heterocycles. The van der Waals surface area contributed by atoms with Gasteiger partial charge in [0.25, 0.3) is 5.56 Å². The summed E-state index contributed by atoms with van der Waals surface area (Å²) >= 11 is 0. The lowest BCUT2D eigenvalue weighted by Gasteiger charge is -2.34. The number of allylic oxidation sites excluding steroid dienone is 1. The molecule has 182 valence electrons. The second kappa shape index (κ2) is 12.4. The summed E-state index contributed by atoms with van der Waals surface area (Å²) in [6.07, 6.45) is -0.0437. The summed E-state index contributed by atoms with van der Waals surface area (Å²) in [7, 11) is 3.36. The van der Waals surface area contributed by atoms with Gasteiger partial charge >= 0.3 is 6.18 Å². The highest BCUT2D eigenvalue weighted by atomic mass is 19.4. The predicted octanol–water partition coefficient (Wildman–Crippen LogP) is 3.79. The van der Waals surface area contributed by atoms with Crippen LogP contribution in [-0.2, 0) is 28.7 Å². The second-order valence-electron chi connectivity index (χ2n) is 8.34. The zero-order valence-corrected chi connectivity index (χ0v) is 19.3. The van der Waals surface area contributed by atoms with Crippen LogP contribution in [0.15, 0.2) is 29.2 Å². The van der Waals surface area contributed by atoms with Crippen molar-refractivity contribution in [3.05, 3.63) is 46.0 Å². The smallest absolute Gasteiger partial charge is 0.385 e. The van der Waals surface area contributed by atoms with Crippen molar-refractivity contribution < 1.29 is 22.6 Å². The van der Waals surface area contributed by atoms with Gasteiger partial charge in [-0.15, -0.1) is 0 Å². The lowest BCUT2D eigenvalue weighted by atomic mass is 10.0. The number of halogens is 3. The average molecular weight is 460 g/mol. The van der Waals surface area contributed by atoms with Crippen LogP contribution in [0.5, 0.6) is 0 Å². The number of alkyl halides is 3. The first-order valence-corrected chi connectivity index (χ1v) is 11.2. The number of rotatable bonds is 13. The molecule has 0 aliphatic carbocycles. The largest absolute Gasteiger partial charge is 0.416 e. The molecular weight excluding hydrogens is 423 g/mol. The lowest BCUT2D eigenvalue weighted by molar-refractivity contribution is -0.137. The molecule has 0 bridgehead atoms. The van der Waals surface area contributed by atoms with E-state index in [2.05, 4.69) is 18.8 Å². The van der Waals surface area contributed by atoms with E-state index in [1.807, 2.05) is 4.90 Å². The molecular formula is C23H36F3N3O3. The molecule has 1 aliphatic rings. The van der Waals surface area contributed by atoms with Gasteiger partial charge in [0.15, 0.2) is 0 Å². The van der Waals surface area contributed by atoms with Gasteiger partial charge in [-0.1, -0.05) is 19.9 Å². The Morgan fingerprint density at radius 1 is 1.16 bits per heavy atom. The number of ether oxygens (including phenoxy) is 2. The van der Waals surface area contributed by atoms with Crippen LogP contribution < -0.4 is 10.9 Å². The Morgan fingerprint density at radius 2 is 1.91 bits per heavy atom. The van der Waals surface area contributed by atoms with Crippen molar-refractivity contribution in [2.75, 3.05) is 34.0 Å². The van der Waals surface area contributed by atoms with E-state index in [0.29, 0.717) is 38.1 Å².